The van der Waals surface area contributed by atoms with Gasteiger partial charge in [-0.3, -0.25) is 9.59 Å². The molecule has 11 heteroatoms. The Hall–Kier alpha value is -3.86. The molecule has 0 radical (unpaired) electrons. The number of fused-ring (bicyclic) bond motifs is 1. The van der Waals surface area contributed by atoms with E-state index in [0.29, 0.717) is 44.0 Å². The number of nitrogens with one attached hydrogen (secondary N) is 1. The lowest BCUT2D eigenvalue weighted by molar-refractivity contribution is -0.132. The number of aromatic amines is 1. The molecule has 0 aliphatic carbocycles. The maximum Gasteiger partial charge on any atom is 0.236 e. The summed E-state index contributed by atoms with van der Waals surface area (Å²) in [7, 11) is 3.96. The molecule has 1 N–H and O–H groups in total. The number of carbonyl (C=O) groups is 2. The fourth-order valence-corrected chi connectivity index (χ4v) is 5.56. The van der Waals surface area contributed by atoms with E-state index in [-0.39, 0.29) is 36.7 Å². The minimum atomic E-state index is -0.143. The molecule has 2 amide bonds. The maximum atomic E-state index is 12.4. The second-order valence-corrected chi connectivity index (χ2v) is 10.3. The van der Waals surface area contributed by atoms with Gasteiger partial charge in [-0.25, -0.2) is 0 Å². The normalized spacial score (nSPS) is 23.8. The zero-order chi connectivity index (χ0) is 26.7. The molecule has 2 aliphatic rings. The molecule has 2 saturated heterocycles. The van der Waals surface area contributed by atoms with Crippen LogP contribution >= 0.6 is 0 Å². The second-order valence-electron chi connectivity index (χ2n) is 10.3. The number of aromatic nitrogens is 3. The van der Waals surface area contributed by atoms with E-state index < -0.39 is 0 Å². The van der Waals surface area contributed by atoms with E-state index in [0.717, 1.165) is 29.7 Å². The van der Waals surface area contributed by atoms with E-state index in [2.05, 4.69) is 23.7 Å². The zero-order valence-electron chi connectivity index (χ0n) is 22.0. The molecule has 0 unspecified atom stereocenters. The molecule has 0 spiro atoms. The Morgan fingerprint density at radius 1 is 0.973 bits per heavy atom. The fraction of sp³-hybridized carbons (Fsp3) is 0.615. The van der Waals surface area contributed by atoms with E-state index in [1.165, 1.54) is 0 Å². The predicted molar refractivity (Wildman–Crippen MR) is 139 cm³/mol. The third-order valence-electron chi connectivity index (χ3n) is 8.03. The number of amides is 2. The van der Waals surface area contributed by atoms with Crippen molar-refractivity contribution >= 4 is 34.6 Å². The van der Waals surface area contributed by atoms with Crippen molar-refractivity contribution in [2.24, 2.45) is 11.8 Å². The first-order valence-electron chi connectivity index (χ1n) is 12.8. The summed E-state index contributed by atoms with van der Waals surface area (Å²) in [6.07, 6.45) is 3.32. The molecule has 2 fully saturated rings. The first kappa shape index (κ1) is 26.2. The van der Waals surface area contributed by atoms with Crippen molar-refractivity contribution in [2.75, 3.05) is 50.1 Å². The Labute approximate surface area is 217 Å². The molecule has 37 heavy (non-hydrogen) atoms. The van der Waals surface area contributed by atoms with Crippen LogP contribution in [0.25, 0.3) is 11.0 Å². The third-order valence-corrected chi connectivity index (χ3v) is 8.03. The van der Waals surface area contributed by atoms with Gasteiger partial charge in [-0.05, 0) is 30.7 Å². The summed E-state index contributed by atoms with van der Waals surface area (Å²) in [6, 6.07) is 5.94. The van der Waals surface area contributed by atoms with Gasteiger partial charge in [0.15, 0.2) is 0 Å². The number of carbonyl (C=O) groups excluding carboxylic acids is 2. The van der Waals surface area contributed by atoms with Crippen molar-refractivity contribution in [3.05, 3.63) is 12.3 Å². The number of likely N-dealkylation sites (tertiary alicyclic amines) is 2. The third kappa shape index (κ3) is 5.31. The smallest absolute Gasteiger partial charge is 0.236 e. The van der Waals surface area contributed by atoms with E-state index in [9.17, 15) is 9.59 Å². The minimum absolute atomic E-state index is 0.00894. The van der Waals surface area contributed by atoms with Crippen LogP contribution in [0.3, 0.4) is 0 Å². The molecule has 2 aromatic rings. The number of hydrogen-bond acceptors (Lipinski definition) is 8. The Balaban J connectivity index is 1.63. The summed E-state index contributed by atoms with van der Waals surface area (Å²) in [6.45, 7) is 6.72. The average molecular weight is 506 g/mol. The summed E-state index contributed by atoms with van der Waals surface area (Å²) in [5.41, 5.74) is 0.723. The van der Waals surface area contributed by atoms with Crippen LogP contribution in [0.2, 0.25) is 0 Å². The molecular formula is C26H35N9O2. The largest absolute Gasteiger partial charge is 0.354 e. The molecule has 4 atom stereocenters. The van der Waals surface area contributed by atoms with Gasteiger partial charge < -0.3 is 24.6 Å². The lowest BCUT2D eigenvalue weighted by Gasteiger charge is -2.43. The standard InChI is InChI=1S/C26H35N9O2/c1-17-8-13-34(22(36)5-10-27)15-20(17)32(3)25-19-7-12-29-24(19)30-26(31-25)33(4)21-16-35(14-9-18(21)2)23(37)6-11-28/h7,12,17-18,20-21H,5-6,8-9,13-16H2,1-4H3,(H,29,30,31)/t17-,18-,20+,21+/m1/s1. The van der Waals surface area contributed by atoms with Gasteiger partial charge >= 0.3 is 0 Å². The van der Waals surface area contributed by atoms with Gasteiger partial charge in [0, 0.05) is 46.5 Å². The Morgan fingerprint density at radius 3 is 2.05 bits per heavy atom. The van der Waals surface area contributed by atoms with E-state index in [1.54, 1.807) is 9.80 Å². The van der Waals surface area contributed by atoms with Gasteiger partial charge in [-0.1, -0.05) is 13.8 Å². The summed E-state index contributed by atoms with van der Waals surface area (Å²) in [5, 5.41) is 18.8. The quantitative estimate of drug-likeness (QED) is 0.631. The molecule has 11 nitrogen and oxygen atoms in total. The van der Waals surface area contributed by atoms with E-state index in [1.807, 2.05) is 43.4 Å². The van der Waals surface area contributed by atoms with Crippen LogP contribution in [0.15, 0.2) is 12.3 Å². The van der Waals surface area contributed by atoms with Crippen LogP contribution in [0.1, 0.15) is 39.5 Å². The van der Waals surface area contributed by atoms with Crippen LogP contribution in [-0.2, 0) is 9.59 Å². The van der Waals surface area contributed by atoms with Crippen LogP contribution in [0, 0.1) is 34.5 Å². The molecule has 0 saturated carbocycles. The minimum Gasteiger partial charge on any atom is -0.354 e. The van der Waals surface area contributed by atoms with Gasteiger partial charge in [0.25, 0.3) is 0 Å². The number of piperidine rings is 2. The van der Waals surface area contributed by atoms with Gasteiger partial charge in [0.2, 0.25) is 17.8 Å². The lowest BCUT2D eigenvalue weighted by atomic mass is 9.92. The van der Waals surface area contributed by atoms with Crippen LogP contribution in [-0.4, -0.2) is 88.9 Å². The highest BCUT2D eigenvalue weighted by atomic mass is 16.2. The topological polar surface area (TPSA) is 136 Å². The molecular weight excluding hydrogens is 470 g/mol. The van der Waals surface area contributed by atoms with Crippen LogP contribution in [0.4, 0.5) is 11.8 Å². The Kier molecular flexibility index (Phi) is 7.82. The molecule has 196 valence electrons. The number of likely N-dealkylation sites (N-methyl/N-ethyl adjacent to an activating group) is 2. The highest BCUT2D eigenvalue weighted by molar-refractivity contribution is 5.89. The molecule has 0 aromatic carbocycles. The second kappa shape index (κ2) is 11.0. The van der Waals surface area contributed by atoms with Crippen molar-refractivity contribution < 1.29 is 9.59 Å². The lowest BCUT2D eigenvalue weighted by Crippen LogP contribution is -2.53. The van der Waals surface area contributed by atoms with Gasteiger partial charge in [-0.15, -0.1) is 0 Å². The van der Waals surface area contributed by atoms with Crippen molar-refractivity contribution in [2.45, 2.75) is 51.6 Å². The van der Waals surface area contributed by atoms with Crippen molar-refractivity contribution in [3.63, 3.8) is 0 Å². The number of nitriles is 2. The number of anilines is 2. The fourth-order valence-electron chi connectivity index (χ4n) is 5.56. The van der Waals surface area contributed by atoms with Gasteiger partial charge in [0.1, 0.15) is 24.3 Å². The van der Waals surface area contributed by atoms with Crippen molar-refractivity contribution in [3.8, 4) is 12.1 Å². The first-order chi connectivity index (χ1) is 17.7. The molecule has 2 aromatic heterocycles. The van der Waals surface area contributed by atoms with E-state index >= 15 is 0 Å². The Morgan fingerprint density at radius 2 is 1.51 bits per heavy atom. The molecule has 2 aliphatic heterocycles. The predicted octanol–water partition coefficient (Wildman–Crippen LogP) is 2.13. The van der Waals surface area contributed by atoms with Crippen molar-refractivity contribution in [1.82, 2.24) is 24.8 Å². The highest BCUT2D eigenvalue weighted by Gasteiger charge is 2.35. The van der Waals surface area contributed by atoms with Crippen molar-refractivity contribution in [1.29, 1.82) is 10.5 Å². The Bertz CT molecular complexity index is 1230. The van der Waals surface area contributed by atoms with E-state index in [4.69, 9.17) is 20.5 Å². The average Bonchev–Trinajstić information content (AvgIpc) is 3.37. The number of hydrogen-bond donors (Lipinski definition) is 1. The maximum absolute atomic E-state index is 12.4. The monoisotopic (exact) mass is 505 g/mol. The van der Waals surface area contributed by atoms with Gasteiger partial charge in [-0.2, -0.15) is 20.5 Å². The molecule has 0 bridgehead atoms. The summed E-state index contributed by atoms with van der Waals surface area (Å²) in [4.78, 5) is 45.6. The highest BCUT2D eigenvalue weighted by Crippen LogP contribution is 2.32. The SMILES string of the molecule is C[C@@H]1CCN(C(=O)CC#N)C[C@@H]1N(C)c1nc(N(C)[C@H]2CN(C(=O)CC#N)CC[C@H]2C)c2cc[nH]c2n1. The first-order valence-corrected chi connectivity index (χ1v) is 12.8. The summed E-state index contributed by atoms with van der Waals surface area (Å²) >= 11 is 0. The van der Waals surface area contributed by atoms with Crippen LogP contribution in [0.5, 0.6) is 0 Å². The molecule has 4 rings (SSSR count). The summed E-state index contributed by atoms with van der Waals surface area (Å²) < 4.78 is 0. The summed E-state index contributed by atoms with van der Waals surface area (Å²) in [5.74, 6) is 1.71. The number of H-pyrrole nitrogens is 1. The van der Waals surface area contributed by atoms with Gasteiger partial charge in [0.05, 0.1) is 29.6 Å². The van der Waals surface area contributed by atoms with Crippen LogP contribution < -0.4 is 9.80 Å². The molecule has 4 heterocycles. The zero-order valence-corrected chi connectivity index (χ0v) is 22.0. The number of nitrogens with zero attached hydrogens (tertiary/aromatic N) is 8. The number of rotatable bonds is 6.